The molecular weight excluding hydrogens is 310 g/mol. The second kappa shape index (κ2) is 4.36. The first kappa shape index (κ1) is 15.7. The lowest BCUT2D eigenvalue weighted by molar-refractivity contribution is -0.227. The summed E-state index contributed by atoms with van der Waals surface area (Å²) in [6.07, 6.45) is 6.75. The summed E-state index contributed by atoms with van der Waals surface area (Å²) in [6.45, 7) is 11.5. The van der Waals surface area contributed by atoms with E-state index in [2.05, 4.69) is 25.3 Å². The van der Waals surface area contributed by atoms with Gasteiger partial charge in [0.25, 0.3) is 0 Å². The van der Waals surface area contributed by atoms with Crippen LogP contribution in [-0.2, 0) is 0 Å². The third kappa shape index (κ3) is 1.34. The molecule has 0 aromatic heterocycles. The van der Waals surface area contributed by atoms with E-state index in [-0.39, 0.29) is 29.0 Å². The number of piperidine rings is 1. The fourth-order valence-electron chi connectivity index (χ4n) is 10.1. The molecule has 1 saturated heterocycles. The van der Waals surface area contributed by atoms with Crippen LogP contribution in [0, 0.1) is 39.9 Å². The summed E-state index contributed by atoms with van der Waals surface area (Å²) in [6, 6.07) is 0.592. The van der Waals surface area contributed by atoms with E-state index in [1.165, 1.54) is 32.2 Å². The second-order valence-corrected chi connectivity index (χ2v) is 10.7. The lowest BCUT2D eigenvalue weighted by Gasteiger charge is -2.68. The summed E-state index contributed by atoms with van der Waals surface area (Å²) in [5.41, 5.74) is 1.54. The molecule has 7 bridgehead atoms. The molecular formula is C22H33NO2. The molecule has 5 unspecified atom stereocenters. The predicted molar refractivity (Wildman–Crippen MR) is 96.8 cm³/mol. The molecule has 138 valence electrons. The molecule has 2 spiro atoms. The van der Waals surface area contributed by atoms with Crippen LogP contribution in [0.1, 0.15) is 52.4 Å². The molecule has 25 heavy (non-hydrogen) atoms. The standard InChI is InChI=1S/C22H33NO2/c1-4-23-11-20(3)7-5-8-22-15(20)10-14(18(22)23)21-9-6-13(12(2)19(21)25)16(24)17(21)22/h13-19,24-25H,2,4-11H2,1,3H3/t13?,14?,15-,16+,17+,18?,19+,20+,21?,22?/m1/s1. The lowest BCUT2D eigenvalue weighted by atomic mass is 9.39. The van der Waals surface area contributed by atoms with E-state index in [4.69, 9.17) is 0 Å². The van der Waals surface area contributed by atoms with E-state index in [0.717, 1.165) is 30.9 Å². The van der Waals surface area contributed by atoms with Crippen LogP contribution in [0.15, 0.2) is 12.2 Å². The van der Waals surface area contributed by atoms with Crippen LogP contribution in [0.5, 0.6) is 0 Å². The van der Waals surface area contributed by atoms with Crippen molar-refractivity contribution in [2.24, 2.45) is 39.9 Å². The van der Waals surface area contributed by atoms with Gasteiger partial charge in [0.05, 0.1) is 12.2 Å². The molecule has 0 aromatic rings. The van der Waals surface area contributed by atoms with Crippen molar-refractivity contribution >= 4 is 0 Å². The topological polar surface area (TPSA) is 43.7 Å². The maximum Gasteiger partial charge on any atom is 0.0814 e. The summed E-state index contributed by atoms with van der Waals surface area (Å²) >= 11 is 0. The van der Waals surface area contributed by atoms with Crippen molar-refractivity contribution in [3.8, 4) is 0 Å². The van der Waals surface area contributed by atoms with Crippen LogP contribution >= 0.6 is 0 Å². The van der Waals surface area contributed by atoms with E-state index < -0.39 is 0 Å². The molecule has 7 rings (SSSR count). The molecule has 0 radical (unpaired) electrons. The van der Waals surface area contributed by atoms with Gasteiger partial charge < -0.3 is 10.2 Å². The largest absolute Gasteiger partial charge is 0.392 e. The van der Waals surface area contributed by atoms with Gasteiger partial charge in [-0.15, -0.1) is 0 Å². The smallest absolute Gasteiger partial charge is 0.0814 e. The molecule has 7 aliphatic rings. The Morgan fingerprint density at radius 2 is 2.00 bits per heavy atom. The van der Waals surface area contributed by atoms with Crippen molar-refractivity contribution in [3.63, 3.8) is 0 Å². The molecule has 3 heteroatoms. The van der Waals surface area contributed by atoms with Crippen LogP contribution in [0.4, 0.5) is 0 Å². The Bertz CT molecular complexity index is 662. The molecule has 0 amide bonds. The zero-order valence-electron chi connectivity index (χ0n) is 15.7. The Kier molecular flexibility index (Phi) is 2.73. The number of rotatable bonds is 1. The van der Waals surface area contributed by atoms with E-state index in [1.807, 2.05) is 0 Å². The number of hydrogen-bond acceptors (Lipinski definition) is 3. The van der Waals surface area contributed by atoms with Gasteiger partial charge in [-0.2, -0.15) is 0 Å². The SMILES string of the molecule is C=C1C2CCC3(C4C[C@H]5C6(CCC[C@@]5(C)CN(CC)C46)[C@H]3[C@H]2O)[C@H]1O. The van der Waals surface area contributed by atoms with Crippen molar-refractivity contribution < 1.29 is 10.2 Å². The van der Waals surface area contributed by atoms with Gasteiger partial charge in [-0.1, -0.05) is 26.8 Å². The molecule has 6 saturated carbocycles. The first-order chi connectivity index (χ1) is 11.9. The van der Waals surface area contributed by atoms with E-state index in [9.17, 15) is 10.2 Å². The number of hydrogen-bond donors (Lipinski definition) is 2. The highest BCUT2D eigenvalue weighted by Gasteiger charge is 2.84. The molecule has 1 heterocycles. The van der Waals surface area contributed by atoms with Gasteiger partial charge in [-0.25, -0.2) is 0 Å². The van der Waals surface area contributed by atoms with Gasteiger partial charge in [0, 0.05) is 29.8 Å². The van der Waals surface area contributed by atoms with Gasteiger partial charge in [-0.05, 0) is 66.9 Å². The number of likely N-dealkylation sites (tertiary alicyclic amines) is 1. The summed E-state index contributed by atoms with van der Waals surface area (Å²) in [4.78, 5) is 2.77. The number of fused-ring (bicyclic) bond motifs is 2. The van der Waals surface area contributed by atoms with Crippen molar-refractivity contribution in [2.45, 2.75) is 70.6 Å². The van der Waals surface area contributed by atoms with Crippen LogP contribution < -0.4 is 0 Å². The fraction of sp³-hybridized carbons (Fsp3) is 0.909. The molecule has 3 nitrogen and oxygen atoms in total. The molecule has 10 atom stereocenters. The summed E-state index contributed by atoms with van der Waals surface area (Å²) in [5.74, 6) is 1.77. The Hall–Kier alpha value is -0.380. The third-order valence-electron chi connectivity index (χ3n) is 10.5. The number of aliphatic hydroxyl groups is 2. The van der Waals surface area contributed by atoms with Crippen molar-refractivity contribution in [1.29, 1.82) is 0 Å². The minimum Gasteiger partial charge on any atom is -0.392 e. The fourth-order valence-corrected chi connectivity index (χ4v) is 10.1. The quantitative estimate of drug-likeness (QED) is 0.720. The van der Waals surface area contributed by atoms with Crippen molar-refractivity contribution in [1.82, 2.24) is 4.90 Å². The number of nitrogens with zero attached hydrogens (tertiary/aromatic N) is 1. The van der Waals surface area contributed by atoms with Crippen LogP contribution in [0.25, 0.3) is 0 Å². The molecule has 6 aliphatic carbocycles. The van der Waals surface area contributed by atoms with Gasteiger partial charge in [0.15, 0.2) is 0 Å². The third-order valence-corrected chi connectivity index (χ3v) is 10.5. The first-order valence-corrected chi connectivity index (χ1v) is 10.7. The van der Waals surface area contributed by atoms with Crippen molar-refractivity contribution in [3.05, 3.63) is 12.2 Å². The molecule has 2 N–H and O–H groups in total. The maximum atomic E-state index is 11.5. The molecule has 1 aliphatic heterocycles. The summed E-state index contributed by atoms with van der Waals surface area (Å²) < 4.78 is 0. The molecule has 0 aromatic carbocycles. The maximum absolute atomic E-state index is 11.5. The first-order valence-electron chi connectivity index (χ1n) is 10.7. The molecule has 7 fully saturated rings. The van der Waals surface area contributed by atoms with Crippen LogP contribution in [0.3, 0.4) is 0 Å². The minimum absolute atomic E-state index is 0.0809. The highest BCUT2D eigenvalue weighted by molar-refractivity contribution is 5.38. The van der Waals surface area contributed by atoms with Gasteiger partial charge >= 0.3 is 0 Å². The Morgan fingerprint density at radius 3 is 2.76 bits per heavy atom. The Labute approximate surface area is 151 Å². The van der Waals surface area contributed by atoms with Gasteiger partial charge in [-0.3, -0.25) is 4.90 Å². The average molecular weight is 344 g/mol. The average Bonchev–Trinajstić information content (AvgIpc) is 2.99. The van der Waals surface area contributed by atoms with Gasteiger partial charge in [0.2, 0.25) is 0 Å². The Morgan fingerprint density at radius 1 is 1.20 bits per heavy atom. The highest BCUT2D eigenvalue weighted by Crippen LogP contribution is 2.83. The number of aliphatic hydroxyl groups excluding tert-OH is 2. The normalized spacial score (nSPS) is 64.6. The van der Waals surface area contributed by atoms with E-state index >= 15 is 0 Å². The Balaban J connectivity index is 1.60. The summed E-state index contributed by atoms with van der Waals surface area (Å²) in [5, 5.41) is 22.9. The summed E-state index contributed by atoms with van der Waals surface area (Å²) in [7, 11) is 0. The van der Waals surface area contributed by atoms with E-state index in [0.29, 0.717) is 23.3 Å². The second-order valence-electron chi connectivity index (χ2n) is 10.7. The zero-order valence-corrected chi connectivity index (χ0v) is 15.7. The van der Waals surface area contributed by atoms with E-state index in [1.54, 1.807) is 0 Å². The van der Waals surface area contributed by atoms with Crippen molar-refractivity contribution in [2.75, 3.05) is 13.1 Å². The monoisotopic (exact) mass is 343 g/mol. The lowest BCUT2D eigenvalue weighted by Crippen LogP contribution is -2.69. The zero-order chi connectivity index (χ0) is 17.4. The predicted octanol–water partition coefficient (Wildman–Crippen LogP) is 2.82. The van der Waals surface area contributed by atoms with Crippen LogP contribution in [0.2, 0.25) is 0 Å². The van der Waals surface area contributed by atoms with Crippen LogP contribution in [-0.4, -0.2) is 46.5 Å². The minimum atomic E-state index is -0.377. The van der Waals surface area contributed by atoms with Gasteiger partial charge in [0.1, 0.15) is 0 Å². The highest BCUT2D eigenvalue weighted by atomic mass is 16.3.